The zero-order chi connectivity index (χ0) is 12.8. The lowest BCUT2D eigenvalue weighted by molar-refractivity contribution is 0.105. The third-order valence-corrected chi connectivity index (χ3v) is 3.22. The van der Waals surface area contributed by atoms with Crippen LogP contribution in [0.2, 0.25) is 0 Å². The van der Waals surface area contributed by atoms with Crippen LogP contribution in [0.3, 0.4) is 0 Å². The lowest BCUT2D eigenvalue weighted by atomic mass is 10.3. The van der Waals surface area contributed by atoms with Crippen LogP contribution in [-0.4, -0.2) is 12.9 Å². The van der Waals surface area contributed by atoms with Gasteiger partial charge in [-0.2, -0.15) is 0 Å². The lowest BCUT2D eigenvalue weighted by Gasteiger charge is -2.02. The van der Waals surface area contributed by atoms with E-state index in [1.165, 1.54) is 17.4 Å². The standard InChI is InChI=1S/C14H13NO2S/c1-17-12-6-4-11(5-7-12)15-9-8-13(16)14-3-2-10-18-14/h2-10,15H,1H3. The predicted octanol–water partition coefficient (Wildman–Crippen LogP) is 3.57. The number of anilines is 1. The first kappa shape index (κ1) is 12.4. The van der Waals surface area contributed by atoms with Gasteiger partial charge in [0.1, 0.15) is 5.75 Å². The highest BCUT2D eigenvalue weighted by atomic mass is 32.1. The van der Waals surface area contributed by atoms with Crippen molar-refractivity contribution in [1.82, 2.24) is 0 Å². The summed E-state index contributed by atoms with van der Waals surface area (Å²) in [5, 5.41) is 4.92. The van der Waals surface area contributed by atoms with Crippen molar-refractivity contribution >= 4 is 22.8 Å². The number of methoxy groups -OCH3 is 1. The molecule has 1 heterocycles. The van der Waals surface area contributed by atoms with Gasteiger partial charge in [0.05, 0.1) is 12.0 Å². The third-order valence-electron chi connectivity index (χ3n) is 2.34. The van der Waals surface area contributed by atoms with Gasteiger partial charge in [-0.05, 0) is 35.7 Å². The quantitative estimate of drug-likeness (QED) is 0.659. The molecule has 0 fully saturated rings. The van der Waals surface area contributed by atoms with Crippen molar-refractivity contribution in [2.24, 2.45) is 0 Å². The number of thiophene rings is 1. The van der Waals surface area contributed by atoms with Crippen molar-refractivity contribution in [3.63, 3.8) is 0 Å². The SMILES string of the molecule is COc1ccc(NC=CC(=O)c2cccs2)cc1. The molecule has 4 heteroatoms. The van der Waals surface area contributed by atoms with Crippen LogP contribution in [-0.2, 0) is 0 Å². The summed E-state index contributed by atoms with van der Waals surface area (Å²) in [7, 11) is 1.63. The Morgan fingerprint density at radius 1 is 1.28 bits per heavy atom. The van der Waals surface area contributed by atoms with E-state index in [4.69, 9.17) is 4.74 Å². The Kier molecular flexibility index (Phi) is 4.15. The first-order valence-corrected chi connectivity index (χ1v) is 6.32. The number of allylic oxidation sites excluding steroid dienone is 1. The topological polar surface area (TPSA) is 38.3 Å². The Morgan fingerprint density at radius 2 is 2.06 bits per heavy atom. The van der Waals surface area contributed by atoms with Gasteiger partial charge in [0.15, 0.2) is 5.78 Å². The van der Waals surface area contributed by atoms with E-state index in [0.717, 1.165) is 16.3 Å². The molecule has 0 aliphatic carbocycles. The second-order valence-electron chi connectivity index (χ2n) is 3.55. The molecule has 1 aromatic carbocycles. The number of hydrogen-bond acceptors (Lipinski definition) is 4. The van der Waals surface area contributed by atoms with E-state index in [1.54, 1.807) is 13.3 Å². The summed E-state index contributed by atoms with van der Waals surface area (Å²) >= 11 is 1.44. The molecule has 0 saturated carbocycles. The molecule has 2 rings (SSSR count). The Hall–Kier alpha value is -2.07. The Balaban J connectivity index is 1.92. The number of ketones is 1. The van der Waals surface area contributed by atoms with E-state index in [2.05, 4.69) is 5.32 Å². The minimum atomic E-state index is 0.00557. The molecule has 0 unspecified atom stereocenters. The Labute approximate surface area is 110 Å². The summed E-state index contributed by atoms with van der Waals surface area (Å²) in [5.41, 5.74) is 0.908. The molecule has 0 aliphatic rings. The molecular weight excluding hydrogens is 246 g/mol. The minimum Gasteiger partial charge on any atom is -0.497 e. The van der Waals surface area contributed by atoms with Crippen LogP contribution in [0.25, 0.3) is 0 Å². The van der Waals surface area contributed by atoms with Crippen molar-refractivity contribution in [2.75, 3.05) is 12.4 Å². The normalized spacial score (nSPS) is 10.5. The van der Waals surface area contributed by atoms with Crippen molar-refractivity contribution in [3.8, 4) is 5.75 Å². The average Bonchev–Trinajstić information content (AvgIpc) is 2.93. The zero-order valence-electron chi connectivity index (χ0n) is 9.92. The second-order valence-corrected chi connectivity index (χ2v) is 4.50. The fourth-order valence-electron chi connectivity index (χ4n) is 1.40. The summed E-state index contributed by atoms with van der Waals surface area (Å²) in [6.07, 6.45) is 3.17. The van der Waals surface area contributed by atoms with Crippen LogP contribution < -0.4 is 10.1 Å². The molecule has 1 aromatic heterocycles. The van der Waals surface area contributed by atoms with Gasteiger partial charge in [-0.1, -0.05) is 6.07 Å². The Morgan fingerprint density at radius 3 is 2.67 bits per heavy atom. The van der Waals surface area contributed by atoms with Crippen LogP contribution in [0.15, 0.2) is 54.1 Å². The molecule has 3 nitrogen and oxygen atoms in total. The molecule has 1 N–H and O–H groups in total. The lowest BCUT2D eigenvalue weighted by Crippen LogP contribution is -1.93. The molecule has 0 bridgehead atoms. The Bertz CT molecular complexity index is 529. The average molecular weight is 259 g/mol. The smallest absolute Gasteiger partial charge is 0.197 e. The zero-order valence-corrected chi connectivity index (χ0v) is 10.7. The maximum atomic E-state index is 11.7. The van der Waals surface area contributed by atoms with Gasteiger partial charge < -0.3 is 10.1 Å². The van der Waals surface area contributed by atoms with E-state index < -0.39 is 0 Å². The highest BCUT2D eigenvalue weighted by molar-refractivity contribution is 7.12. The maximum Gasteiger partial charge on any atom is 0.197 e. The fourth-order valence-corrected chi connectivity index (χ4v) is 2.05. The number of ether oxygens (including phenoxy) is 1. The molecule has 0 amide bonds. The summed E-state index contributed by atoms with van der Waals surface area (Å²) in [4.78, 5) is 12.4. The molecule has 92 valence electrons. The van der Waals surface area contributed by atoms with Crippen LogP contribution in [0, 0.1) is 0 Å². The number of carbonyl (C=O) groups excluding carboxylic acids is 1. The molecule has 2 aromatic rings. The predicted molar refractivity (Wildman–Crippen MR) is 74.4 cm³/mol. The number of benzene rings is 1. The van der Waals surface area contributed by atoms with E-state index >= 15 is 0 Å². The minimum absolute atomic E-state index is 0.00557. The summed E-state index contributed by atoms with van der Waals surface area (Å²) in [6, 6.07) is 11.2. The van der Waals surface area contributed by atoms with Gasteiger partial charge >= 0.3 is 0 Å². The third kappa shape index (κ3) is 3.21. The van der Waals surface area contributed by atoms with E-state index in [0.29, 0.717) is 0 Å². The van der Waals surface area contributed by atoms with Gasteiger partial charge in [0.25, 0.3) is 0 Å². The van der Waals surface area contributed by atoms with Crippen molar-refractivity contribution in [2.45, 2.75) is 0 Å². The highest BCUT2D eigenvalue weighted by Gasteiger charge is 2.00. The number of rotatable bonds is 5. The fraction of sp³-hybridized carbons (Fsp3) is 0.0714. The molecule has 0 aliphatic heterocycles. The largest absolute Gasteiger partial charge is 0.497 e. The monoisotopic (exact) mass is 259 g/mol. The molecule has 0 atom stereocenters. The number of carbonyl (C=O) groups is 1. The summed E-state index contributed by atoms with van der Waals surface area (Å²) in [6.45, 7) is 0. The van der Waals surface area contributed by atoms with E-state index in [-0.39, 0.29) is 5.78 Å². The molecular formula is C14H13NO2S. The number of hydrogen-bond donors (Lipinski definition) is 1. The van der Waals surface area contributed by atoms with E-state index in [9.17, 15) is 4.79 Å². The van der Waals surface area contributed by atoms with Gasteiger partial charge in [-0.3, -0.25) is 4.79 Å². The van der Waals surface area contributed by atoms with Gasteiger partial charge in [0, 0.05) is 18.0 Å². The van der Waals surface area contributed by atoms with Crippen LogP contribution in [0.4, 0.5) is 5.69 Å². The van der Waals surface area contributed by atoms with Crippen molar-refractivity contribution < 1.29 is 9.53 Å². The van der Waals surface area contributed by atoms with E-state index in [1.807, 2.05) is 41.8 Å². The molecule has 18 heavy (non-hydrogen) atoms. The maximum absolute atomic E-state index is 11.7. The van der Waals surface area contributed by atoms with Gasteiger partial charge in [-0.25, -0.2) is 0 Å². The van der Waals surface area contributed by atoms with Crippen LogP contribution in [0.1, 0.15) is 9.67 Å². The molecule has 0 spiro atoms. The second kappa shape index (κ2) is 6.02. The number of nitrogens with one attached hydrogen (secondary N) is 1. The van der Waals surface area contributed by atoms with Crippen LogP contribution >= 0.6 is 11.3 Å². The summed E-state index contributed by atoms with van der Waals surface area (Å²) in [5.74, 6) is 0.810. The highest BCUT2D eigenvalue weighted by Crippen LogP contribution is 2.15. The first-order valence-electron chi connectivity index (χ1n) is 5.44. The van der Waals surface area contributed by atoms with Gasteiger partial charge in [-0.15, -0.1) is 11.3 Å². The van der Waals surface area contributed by atoms with Crippen molar-refractivity contribution in [1.29, 1.82) is 0 Å². The van der Waals surface area contributed by atoms with Gasteiger partial charge in [0.2, 0.25) is 0 Å². The first-order chi connectivity index (χ1) is 8.79. The van der Waals surface area contributed by atoms with Crippen LogP contribution in [0.5, 0.6) is 5.75 Å². The van der Waals surface area contributed by atoms with Crippen molar-refractivity contribution in [3.05, 3.63) is 58.9 Å². The summed E-state index contributed by atoms with van der Waals surface area (Å²) < 4.78 is 5.06. The molecule has 0 saturated heterocycles. The molecule has 0 radical (unpaired) electrons.